The number of aromatic nitrogens is 2. The highest BCUT2D eigenvalue weighted by molar-refractivity contribution is 6.12. The molecule has 0 aliphatic heterocycles. The number of fused-ring (bicyclic) bond motifs is 7. The van der Waals surface area contributed by atoms with Gasteiger partial charge in [0, 0.05) is 22.1 Å². The van der Waals surface area contributed by atoms with Crippen molar-refractivity contribution in [3.63, 3.8) is 0 Å². The molecular weight excluding hydrogens is 761 g/mol. The molecule has 0 spiro atoms. The second kappa shape index (κ2) is 14.6. The molecule has 0 N–H and O–H groups in total. The van der Waals surface area contributed by atoms with E-state index in [-0.39, 0.29) is 5.41 Å². The maximum absolute atomic E-state index is 5.28. The first kappa shape index (κ1) is 36.9. The molecule has 0 unspecified atom stereocenters. The maximum Gasteiger partial charge on any atom is 0.160 e. The van der Waals surface area contributed by atoms with Crippen LogP contribution in [0.15, 0.2) is 218 Å². The molecule has 0 fully saturated rings. The van der Waals surface area contributed by atoms with Crippen molar-refractivity contribution in [3.8, 4) is 78.4 Å². The lowest BCUT2D eigenvalue weighted by molar-refractivity contribution is 0.661. The third-order valence-electron chi connectivity index (χ3n) is 13.3. The fraction of sp³-hybridized carbons (Fsp3) is 0.0492. The highest BCUT2D eigenvalue weighted by atomic mass is 14.9. The Morgan fingerprint density at radius 3 is 1.54 bits per heavy atom. The van der Waals surface area contributed by atoms with E-state index in [9.17, 15) is 0 Å². The van der Waals surface area contributed by atoms with Crippen LogP contribution in [0.25, 0.3) is 111 Å². The van der Waals surface area contributed by atoms with E-state index < -0.39 is 0 Å². The maximum atomic E-state index is 5.28. The van der Waals surface area contributed by atoms with E-state index in [4.69, 9.17) is 9.97 Å². The van der Waals surface area contributed by atoms with Crippen LogP contribution in [-0.4, -0.2) is 9.97 Å². The topological polar surface area (TPSA) is 25.8 Å². The number of hydrogen-bond donors (Lipinski definition) is 0. The summed E-state index contributed by atoms with van der Waals surface area (Å²) in [7, 11) is 0. The molecule has 0 atom stereocenters. The molecule has 296 valence electrons. The van der Waals surface area contributed by atoms with Gasteiger partial charge in [0.1, 0.15) is 0 Å². The molecule has 1 aromatic heterocycles. The summed E-state index contributed by atoms with van der Waals surface area (Å²) in [6.07, 6.45) is 0. The van der Waals surface area contributed by atoms with E-state index in [1.165, 1.54) is 77.0 Å². The second-order valence-electron chi connectivity index (χ2n) is 17.3. The molecule has 1 heterocycles. The Labute approximate surface area is 367 Å². The Morgan fingerprint density at radius 2 is 0.825 bits per heavy atom. The predicted octanol–water partition coefficient (Wildman–Crippen LogP) is 16.2. The Bertz CT molecular complexity index is 3580. The molecule has 0 amide bonds. The fourth-order valence-corrected chi connectivity index (χ4v) is 10.2. The highest BCUT2D eigenvalue weighted by Gasteiger charge is 2.36. The van der Waals surface area contributed by atoms with Crippen LogP contribution >= 0.6 is 0 Å². The van der Waals surface area contributed by atoms with Gasteiger partial charge in [-0.25, -0.2) is 9.97 Å². The van der Waals surface area contributed by atoms with E-state index in [0.717, 1.165) is 39.0 Å². The minimum atomic E-state index is -0.0731. The van der Waals surface area contributed by atoms with Crippen LogP contribution in [0, 0.1) is 0 Å². The average Bonchev–Trinajstić information content (AvgIpc) is 3.59. The molecule has 0 bridgehead atoms. The Hall–Kier alpha value is -7.94. The molecule has 2 nitrogen and oxygen atoms in total. The van der Waals surface area contributed by atoms with E-state index in [1.54, 1.807) is 0 Å². The third-order valence-corrected chi connectivity index (χ3v) is 13.3. The number of rotatable bonds is 6. The van der Waals surface area contributed by atoms with Crippen LogP contribution in [0.1, 0.15) is 25.0 Å². The van der Waals surface area contributed by atoms with Gasteiger partial charge in [0.05, 0.1) is 11.4 Å². The third kappa shape index (κ3) is 6.09. The summed E-state index contributed by atoms with van der Waals surface area (Å²) in [5.41, 5.74) is 17.5. The second-order valence-corrected chi connectivity index (χ2v) is 17.3. The first-order valence-electron chi connectivity index (χ1n) is 21.8. The average molecular weight is 803 g/mol. The van der Waals surface area contributed by atoms with Gasteiger partial charge >= 0.3 is 0 Å². The Morgan fingerprint density at radius 1 is 0.302 bits per heavy atom. The summed E-state index contributed by atoms with van der Waals surface area (Å²) in [5, 5.41) is 7.41. The van der Waals surface area contributed by atoms with Gasteiger partial charge in [-0.1, -0.05) is 214 Å². The molecule has 1 aliphatic carbocycles. The lowest BCUT2D eigenvalue weighted by atomic mass is 9.81. The number of nitrogens with zero attached hydrogens (tertiary/aromatic N) is 2. The quantitative estimate of drug-likeness (QED) is 0.167. The lowest BCUT2D eigenvalue weighted by Gasteiger charge is -2.22. The van der Waals surface area contributed by atoms with Crippen LogP contribution in [0.2, 0.25) is 0 Å². The van der Waals surface area contributed by atoms with Crippen molar-refractivity contribution < 1.29 is 0 Å². The summed E-state index contributed by atoms with van der Waals surface area (Å²) < 4.78 is 0. The lowest BCUT2D eigenvalue weighted by Crippen LogP contribution is -2.14. The van der Waals surface area contributed by atoms with Crippen LogP contribution in [0.3, 0.4) is 0 Å². The predicted molar refractivity (Wildman–Crippen MR) is 265 cm³/mol. The normalized spacial score (nSPS) is 12.7. The SMILES string of the molecule is CC1(C)c2ccc(-c3ccc(-c4ccc(-c5cc(-c6cccc(-c7ccccc7)c6)nc(-c6ccccc6)n5)c5ccccc45)c4ccccc34)cc2-c2c1ccc1ccccc21. The highest BCUT2D eigenvalue weighted by Crippen LogP contribution is 2.52. The van der Waals surface area contributed by atoms with Crippen molar-refractivity contribution in [3.05, 3.63) is 230 Å². The van der Waals surface area contributed by atoms with Gasteiger partial charge in [-0.3, -0.25) is 0 Å². The molecule has 11 aromatic rings. The van der Waals surface area contributed by atoms with Gasteiger partial charge in [0.25, 0.3) is 0 Å². The zero-order chi connectivity index (χ0) is 42.1. The molecule has 10 aromatic carbocycles. The summed E-state index contributed by atoms with van der Waals surface area (Å²) >= 11 is 0. The van der Waals surface area contributed by atoms with Gasteiger partial charge in [-0.05, 0) is 106 Å². The Balaban J connectivity index is 0.996. The molecule has 12 rings (SSSR count). The van der Waals surface area contributed by atoms with Crippen molar-refractivity contribution in [2.75, 3.05) is 0 Å². The summed E-state index contributed by atoms with van der Waals surface area (Å²) in [5.74, 6) is 0.703. The van der Waals surface area contributed by atoms with Crippen LogP contribution in [0.5, 0.6) is 0 Å². The van der Waals surface area contributed by atoms with Crippen molar-refractivity contribution >= 4 is 32.3 Å². The molecule has 63 heavy (non-hydrogen) atoms. The monoisotopic (exact) mass is 802 g/mol. The van der Waals surface area contributed by atoms with Crippen molar-refractivity contribution in [1.82, 2.24) is 9.97 Å². The van der Waals surface area contributed by atoms with Crippen molar-refractivity contribution in [2.45, 2.75) is 19.3 Å². The van der Waals surface area contributed by atoms with Crippen LogP contribution in [0.4, 0.5) is 0 Å². The van der Waals surface area contributed by atoms with Gasteiger partial charge in [0.2, 0.25) is 0 Å². The molecule has 0 saturated carbocycles. The van der Waals surface area contributed by atoms with Gasteiger partial charge in [-0.2, -0.15) is 0 Å². The van der Waals surface area contributed by atoms with E-state index in [2.05, 4.69) is 214 Å². The van der Waals surface area contributed by atoms with Crippen LogP contribution in [-0.2, 0) is 5.41 Å². The molecule has 1 aliphatic rings. The molecular formula is C61H42N2. The van der Waals surface area contributed by atoms with Gasteiger partial charge in [0.15, 0.2) is 5.82 Å². The van der Waals surface area contributed by atoms with Crippen molar-refractivity contribution in [2.24, 2.45) is 0 Å². The summed E-state index contributed by atoms with van der Waals surface area (Å²) in [6, 6.07) is 79.1. The fourth-order valence-electron chi connectivity index (χ4n) is 10.2. The summed E-state index contributed by atoms with van der Waals surface area (Å²) in [4.78, 5) is 10.5. The van der Waals surface area contributed by atoms with E-state index in [1.807, 2.05) is 18.2 Å². The van der Waals surface area contributed by atoms with Crippen molar-refractivity contribution in [1.29, 1.82) is 0 Å². The molecule has 2 heteroatoms. The number of benzene rings is 10. The minimum Gasteiger partial charge on any atom is -0.228 e. The van der Waals surface area contributed by atoms with Gasteiger partial charge < -0.3 is 0 Å². The zero-order valence-electron chi connectivity index (χ0n) is 35.2. The molecule has 0 saturated heterocycles. The Kier molecular flexibility index (Phi) is 8.55. The number of hydrogen-bond acceptors (Lipinski definition) is 2. The van der Waals surface area contributed by atoms with Gasteiger partial charge in [-0.15, -0.1) is 0 Å². The first-order chi connectivity index (χ1) is 31.0. The largest absolute Gasteiger partial charge is 0.228 e. The standard InChI is InChI=1S/C61H42N2/c1-61(2)55-34-29-43(37-54(55)59-46-23-10-9-18-40(46)28-35-56(59)61)45-30-31-51(48-25-12-11-24-47(45)48)52-32-33-53(50-27-14-13-26-49(50)52)58-38-57(62-60(63-58)41-19-7-4-8-20-41)44-22-15-21-42(36-44)39-16-5-3-6-17-39/h3-38H,1-2H3. The first-order valence-corrected chi connectivity index (χ1v) is 21.8. The van der Waals surface area contributed by atoms with E-state index >= 15 is 0 Å². The molecule has 0 radical (unpaired) electrons. The smallest absolute Gasteiger partial charge is 0.160 e. The van der Waals surface area contributed by atoms with Crippen LogP contribution < -0.4 is 0 Å². The van der Waals surface area contributed by atoms with E-state index in [0.29, 0.717) is 5.82 Å². The zero-order valence-corrected chi connectivity index (χ0v) is 35.2. The minimum absolute atomic E-state index is 0.0731. The summed E-state index contributed by atoms with van der Waals surface area (Å²) in [6.45, 7) is 4.73.